The topological polar surface area (TPSA) is 93.7 Å². The predicted octanol–water partition coefficient (Wildman–Crippen LogP) is 4.30. The van der Waals surface area contributed by atoms with E-state index in [9.17, 15) is 4.79 Å². The van der Waals surface area contributed by atoms with Gasteiger partial charge in [0.25, 0.3) is 0 Å². The molecule has 0 aliphatic heterocycles. The lowest BCUT2D eigenvalue weighted by atomic mass is 10.2. The van der Waals surface area contributed by atoms with E-state index in [2.05, 4.69) is 34.3 Å². The van der Waals surface area contributed by atoms with Crippen LogP contribution in [0.25, 0.3) is 11.3 Å². The van der Waals surface area contributed by atoms with Crippen LogP contribution in [0.2, 0.25) is 0 Å². The first-order chi connectivity index (χ1) is 15.6. The van der Waals surface area contributed by atoms with Crippen molar-refractivity contribution in [3.05, 3.63) is 108 Å². The van der Waals surface area contributed by atoms with Gasteiger partial charge in [0.1, 0.15) is 5.69 Å². The minimum atomic E-state index is -0.0554. The Bertz CT molecular complexity index is 1190. The van der Waals surface area contributed by atoms with Gasteiger partial charge in [0.05, 0.1) is 36.3 Å². The van der Waals surface area contributed by atoms with Crippen LogP contribution in [0.5, 0.6) is 5.75 Å². The molecule has 0 N–H and O–H groups in total. The second kappa shape index (κ2) is 12.4. The number of rotatable bonds is 7. The van der Waals surface area contributed by atoms with E-state index < -0.39 is 0 Å². The normalized spacial score (nSPS) is 10.3. The molecule has 0 bridgehead atoms. The first-order valence-corrected chi connectivity index (χ1v) is 10.1. The van der Waals surface area contributed by atoms with Gasteiger partial charge in [-0.05, 0) is 31.5 Å². The third-order valence-electron chi connectivity index (χ3n) is 4.17. The molecule has 32 heavy (non-hydrogen) atoms. The molecule has 2 aromatic heterocycles. The summed E-state index contributed by atoms with van der Waals surface area (Å²) >= 11 is 0. The van der Waals surface area contributed by atoms with Crippen molar-refractivity contribution in [1.29, 1.82) is 5.26 Å². The number of ether oxygens (including phenoxy) is 1. The second-order valence-corrected chi connectivity index (χ2v) is 6.32. The number of nitrogens with zero attached hydrogens (tertiary/aromatic N) is 5. The molecule has 0 fully saturated rings. The Labute approximate surface area is 187 Å². The Morgan fingerprint density at radius 1 is 1.22 bits per heavy atom. The van der Waals surface area contributed by atoms with Crippen molar-refractivity contribution in [2.24, 2.45) is 0 Å². The first kappa shape index (κ1) is 24.0. The third-order valence-corrected chi connectivity index (χ3v) is 4.17. The summed E-state index contributed by atoms with van der Waals surface area (Å²) in [5.41, 5.74) is 2.66. The summed E-state index contributed by atoms with van der Waals surface area (Å²) in [7, 11) is 0. The summed E-state index contributed by atoms with van der Waals surface area (Å²) in [5, 5.41) is 13.1. The smallest absolute Gasteiger partial charge is 0.203 e. The Hall–Kier alpha value is -4.31. The Balaban J connectivity index is 0.000000229. The molecule has 1 aromatic carbocycles. The standard InChI is InChI=1S/C13H11N3O.C12H14N2O/c1-2-12-13(17)6-7-16(15-12)11-5-3-4-10(8-11)9-14;1-4-7-10(5-2)12-13-8-11(9-14-12)15-6-3/h3-8H,2H2,1H3;4-5,7-9H,1-2,6H2,3H3/b;10-7+. The van der Waals surface area contributed by atoms with Gasteiger partial charge in [0.2, 0.25) is 5.43 Å². The molecule has 0 unspecified atom stereocenters. The van der Waals surface area contributed by atoms with Crippen molar-refractivity contribution in [3.63, 3.8) is 0 Å². The molecular formula is C25H25N5O2. The van der Waals surface area contributed by atoms with Crippen LogP contribution in [0.1, 0.15) is 30.9 Å². The Morgan fingerprint density at radius 2 is 1.97 bits per heavy atom. The van der Waals surface area contributed by atoms with Crippen molar-refractivity contribution in [3.8, 4) is 17.5 Å². The molecular weight excluding hydrogens is 402 g/mol. The van der Waals surface area contributed by atoms with E-state index in [0.717, 1.165) is 11.3 Å². The third kappa shape index (κ3) is 6.61. The molecule has 2 heterocycles. The van der Waals surface area contributed by atoms with Gasteiger partial charge in [-0.1, -0.05) is 44.4 Å². The van der Waals surface area contributed by atoms with Gasteiger partial charge in [-0.3, -0.25) is 4.79 Å². The minimum Gasteiger partial charge on any atom is -0.491 e. The van der Waals surface area contributed by atoms with E-state index in [1.807, 2.05) is 26.0 Å². The van der Waals surface area contributed by atoms with E-state index >= 15 is 0 Å². The van der Waals surface area contributed by atoms with Gasteiger partial charge in [-0.2, -0.15) is 10.4 Å². The molecule has 0 saturated carbocycles. The predicted molar refractivity (Wildman–Crippen MR) is 125 cm³/mol. The lowest BCUT2D eigenvalue weighted by Crippen LogP contribution is -2.15. The molecule has 0 atom stereocenters. The SMILES string of the molecule is C=C/C=C(\C=C)c1ncc(OCC)cn1.CCc1nn(-c2cccc(C#N)c2)ccc1=O. The van der Waals surface area contributed by atoms with Crippen LogP contribution in [0.15, 0.2) is 85.1 Å². The minimum absolute atomic E-state index is 0.0554. The highest BCUT2D eigenvalue weighted by atomic mass is 16.5. The fourth-order valence-corrected chi connectivity index (χ4v) is 2.62. The van der Waals surface area contributed by atoms with E-state index in [1.54, 1.807) is 53.6 Å². The Morgan fingerprint density at radius 3 is 2.56 bits per heavy atom. The highest BCUT2D eigenvalue weighted by Gasteiger charge is 2.02. The van der Waals surface area contributed by atoms with Gasteiger partial charge in [0, 0.05) is 17.8 Å². The van der Waals surface area contributed by atoms with E-state index in [0.29, 0.717) is 35.9 Å². The largest absolute Gasteiger partial charge is 0.491 e. The number of aryl methyl sites for hydroxylation is 1. The highest BCUT2D eigenvalue weighted by Crippen LogP contribution is 2.13. The number of hydrogen-bond donors (Lipinski definition) is 0. The summed E-state index contributed by atoms with van der Waals surface area (Å²) in [6.07, 6.45) is 10.7. The van der Waals surface area contributed by atoms with Crippen LogP contribution in [0.4, 0.5) is 0 Å². The summed E-state index contributed by atoms with van der Waals surface area (Å²) in [6, 6.07) is 10.7. The maximum atomic E-state index is 11.4. The molecule has 3 aromatic rings. The number of benzene rings is 1. The number of hydrogen-bond acceptors (Lipinski definition) is 6. The number of aromatic nitrogens is 4. The van der Waals surface area contributed by atoms with Crippen molar-refractivity contribution in [1.82, 2.24) is 19.7 Å². The monoisotopic (exact) mass is 427 g/mol. The maximum Gasteiger partial charge on any atom is 0.203 e. The first-order valence-electron chi connectivity index (χ1n) is 10.1. The van der Waals surface area contributed by atoms with Crippen LogP contribution in [-0.2, 0) is 6.42 Å². The average Bonchev–Trinajstić information content (AvgIpc) is 2.84. The molecule has 7 heteroatoms. The molecule has 0 aliphatic carbocycles. The van der Waals surface area contributed by atoms with Crippen molar-refractivity contribution in [2.45, 2.75) is 20.3 Å². The van der Waals surface area contributed by atoms with Crippen molar-refractivity contribution < 1.29 is 4.74 Å². The number of allylic oxidation sites excluding steroid dienone is 4. The summed E-state index contributed by atoms with van der Waals surface area (Å²) in [6.45, 7) is 11.7. The molecule has 0 aliphatic rings. The van der Waals surface area contributed by atoms with Crippen LogP contribution in [-0.4, -0.2) is 26.4 Å². The zero-order valence-electron chi connectivity index (χ0n) is 18.2. The fourth-order valence-electron chi connectivity index (χ4n) is 2.62. The van der Waals surface area contributed by atoms with Crippen LogP contribution in [0.3, 0.4) is 0 Å². The van der Waals surface area contributed by atoms with E-state index in [4.69, 9.17) is 10.00 Å². The van der Waals surface area contributed by atoms with Gasteiger partial charge in [0.15, 0.2) is 11.6 Å². The molecule has 162 valence electrons. The molecule has 0 radical (unpaired) electrons. The summed E-state index contributed by atoms with van der Waals surface area (Å²) < 4.78 is 6.86. The molecule has 0 amide bonds. The van der Waals surface area contributed by atoms with Gasteiger partial charge < -0.3 is 4.74 Å². The van der Waals surface area contributed by atoms with Gasteiger partial charge >= 0.3 is 0 Å². The molecule has 7 nitrogen and oxygen atoms in total. The van der Waals surface area contributed by atoms with Crippen molar-refractivity contribution >= 4 is 5.57 Å². The average molecular weight is 428 g/mol. The van der Waals surface area contributed by atoms with Crippen LogP contribution >= 0.6 is 0 Å². The lowest BCUT2D eigenvalue weighted by Gasteiger charge is -2.06. The fraction of sp³-hybridized carbons (Fsp3) is 0.160. The summed E-state index contributed by atoms with van der Waals surface area (Å²) in [5.74, 6) is 1.29. The van der Waals surface area contributed by atoms with Gasteiger partial charge in [-0.25, -0.2) is 14.6 Å². The summed E-state index contributed by atoms with van der Waals surface area (Å²) in [4.78, 5) is 19.8. The van der Waals surface area contributed by atoms with Crippen LogP contribution < -0.4 is 10.2 Å². The Kier molecular flexibility index (Phi) is 9.29. The molecule has 0 saturated heterocycles. The zero-order chi connectivity index (χ0) is 23.3. The van der Waals surface area contributed by atoms with Crippen LogP contribution in [0, 0.1) is 11.3 Å². The van der Waals surface area contributed by atoms with E-state index in [1.165, 1.54) is 6.07 Å². The molecule has 0 spiro atoms. The molecule has 3 rings (SSSR count). The van der Waals surface area contributed by atoms with Gasteiger partial charge in [-0.15, -0.1) is 0 Å². The van der Waals surface area contributed by atoms with Crippen molar-refractivity contribution in [2.75, 3.05) is 6.61 Å². The lowest BCUT2D eigenvalue weighted by molar-refractivity contribution is 0.337. The van der Waals surface area contributed by atoms with E-state index in [-0.39, 0.29) is 5.43 Å². The zero-order valence-corrected chi connectivity index (χ0v) is 18.2. The maximum absolute atomic E-state index is 11.4. The quantitative estimate of drug-likeness (QED) is 0.522. The number of nitriles is 1. The highest BCUT2D eigenvalue weighted by molar-refractivity contribution is 5.70. The second-order valence-electron chi connectivity index (χ2n) is 6.32.